The van der Waals surface area contributed by atoms with Gasteiger partial charge in [0.1, 0.15) is 0 Å². The van der Waals surface area contributed by atoms with Gasteiger partial charge in [-0.3, -0.25) is 0 Å². The summed E-state index contributed by atoms with van der Waals surface area (Å²) in [5.74, 6) is -0.299. The van der Waals surface area contributed by atoms with Gasteiger partial charge in [0, 0.05) is 19.7 Å². The van der Waals surface area contributed by atoms with E-state index in [1.807, 2.05) is 0 Å². The van der Waals surface area contributed by atoms with Crippen molar-refractivity contribution in [2.75, 3.05) is 31.2 Å². The fraction of sp³-hybridized carbons (Fsp3) is 1.00. The highest BCUT2D eigenvalue weighted by Gasteiger charge is 2.42. The molecular formula is C9H17NO5S2. The molecule has 2 saturated heterocycles. The van der Waals surface area contributed by atoms with Gasteiger partial charge in [-0.25, -0.2) is 21.1 Å². The molecule has 2 heterocycles. The lowest BCUT2D eigenvalue weighted by Crippen LogP contribution is -2.38. The van der Waals surface area contributed by atoms with Crippen LogP contribution in [0.25, 0.3) is 0 Å². The van der Waals surface area contributed by atoms with Crippen molar-refractivity contribution >= 4 is 19.9 Å². The second-order valence-electron chi connectivity index (χ2n) is 4.77. The number of aliphatic hydroxyl groups excluding tert-OH is 1. The van der Waals surface area contributed by atoms with Gasteiger partial charge in [0.15, 0.2) is 9.84 Å². The molecule has 2 aliphatic heterocycles. The summed E-state index contributed by atoms with van der Waals surface area (Å²) < 4.78 is 48.3. The van der Waals surface area contributed by atoms with Crippen LogP contribution in [-0.4, -0.2) is 62.7 Å². The Bertz CT molecular complexity index is 484. The first-order valence-electron chi connectivity index (χ1n) is 5.65. The molecule has 17 heavy (non-hydrogen) atoms. The van der Waals surface area contributed by atoms with Gasteiger partial charge in [0.25, 0.3) is 0 Å². The first-order valence-corrected chi connectivity index (χ1v) is 8.98. The summed E-state index contributed by atoms with van der Waals surface area (Å²) >= 11 is 0. The summed E-state index contributed by atoms with van der Waals surface area (Å²) in [6, 6.07) is 0. The van der Waals surface area contributed by atoms with E-state index in [4.69, 9.17) is 5.11 Å². The third-order valence-electron chi connectivity index (χ3n) is 3.48. The second kappa shape index (κ2) is 4.49. The summed E-state index contributed by atoms with van der Waals surface area (Å²) in [7, 11) is -6.69. The van der Waals surface area contributed by atoms with E-state index >= 15 is 0 Å². The van der Waals surface area contributed by atoms with Crippen molar-refractivity contribution < 1.29 is 21.9 Å². The number of sulfonamides is 1. The summed E-state index contributed by atoms with van der Waals surface area (Å²) in [5, 5.41) is 8.19. The molecule has 100 valence electrons. The zero-order valence-electron chi connectivity index (χ0n) is 9.45. The number of hydrogen-bond donors (Lipinski definition) is 1. The SMILES string of the molecule is O=S1(=O)CCC(S(=O)(=O)N2CCC(CO)C2)C1. The van der Waals surface area contributed by atoms with Gasteiger partial charge in [-0.2, -0.15) is 0 Å². The van der Waals surface area contributed by atoms with Gasteiger partial charge >= 0.3 is 0 Å². The fourth-order valence-electron chi connectivity index (χ4n) is 2.38. The van der Waals surface area contributed by atoms with Crippen LogP contribution in [0.15, 0.2) is 0 Å². The Balaban J connectivity index is 2.10. The second-order valence-corrected chi connectivity index (χ2v) is 9.21. The van der Waals surface area contributed by atoms with Gasteiger partial charge in [0.05, 0.1) is 16.8 Å². The van der Waals surface area contributed by atoms with Crippen LogP contribution >= 0.6 is 0 Å². The summed E-state index contributed by atoms with van der Waals surface area (Å²) in [6.45, 7) is 0.689. The lowest BCUT2D eigenvalue weighted by atomic mass is 10.1. The maximum Gasteiger partial charge on any atom is 0.218 e. The molecule has 6 nitrogen and oxygen atoms in total. The molecule has 2 atom stereocenters. The molecule has 2 rings (SSSR count). The van der Waals surface area contributed by atoms with Crippen molar-refractivity contribution in [3.05, 3.63) is 0 Å². The molecule has 0 spiro atoms. The molecule has 0 aromatic carbocycles. The van der Waals surface area contributed by atoms with Crippen LogP contribution in [-0.2, 0) is 19.9 Å². The number of sulfone groups is 1. The zero-order chi connectivity index (χ0) is 12.7. The fourth-order valence-corrected chi connectivity index (χ4v) is 7.00. The molecular weight excluding hydrogens is 266 g/mol. The van der Waals surface area contributed by atoms with Gasteiger partial charge in [-0.1, -0.05) is 0 Å². The van der Waals surface area contributed by atoms with Crippen LogP contribution in [0.4, 0.5) is 0 Å². The first-order chi connectivity index (χ1) is 7.85. The maximum absolute atomic E-state index is 12.2. The molecule has 2 aliphatic rings. The van der Waals surface area contributed by atoms with E-state index in [1.54, 1.807) is 0 Å². The Morgan fingerprint density at radius 2 is 2.00 bits per heavy atom. The monoisotopic (exact) mass is 283 g/mol. The summed E-state index contributed by atoms with van der Waals surface area (Å²) in [6.07, 6.45) is 0.847. The lowest BCUT2D eigenvalue weighted by molar-refractivity contribution is 0.233. The Kier molecular flexibility index (Phi) is 3.50. The maximum atomic E-state index is 12.2. The molecule has 0 amide bonds. The lowest BCUT2D eigenvalue weighted by Gasteiger charge is -2.20. The standard InChI is InChI=1S/C9H17NO5S2/c11-6-8-1-3-10(5-8)17(14,15)9-2-4-16(12,13)7-9/h8-9,11H,1-7H2. The highest BCUT2D eigenvalue weighted by molar-refractivity contribution is 7.95. The van der Waals surface area contributed by atoms with Crippen molar-refractivity contribution in [3.63, 3.8) is 0 Å². The molecule has 0 aromatic rings. The number of aliphatic hydroxyl groups is 1. The van der Waals surface area contributed by atoms with E-state index in [1.165, 1.54) is 4.31 Å². The topological polar surface area (TPSA) is 91.8 Å². The Morgan fingerprint density at radius 1 is 1.29 bits per heavy atom. The average molecular weight is 283 g/mol. The van der Waals surface area contributed by atoms with Crippen molar-refractivity contribution in [3.8, 4) is 0 Å². The molecule has 2 unspecified atom stereocenters. The van der Waals surface area contributed by atoms with Crippen LogP contribution in [0.5, 0.6) is 0 Å². The van der Waals surface area contributed by atoms with Gasteiger partial charge < -0.3 is 5.11 Å². The highest BCUT2D eigenvalue weighted by atomic mass is 32.2. The third kappa shape index (κ3) is 2.64. The van der Waals surface area contributed by atoms with Crippen molar-refractivity contribution in [1.29, 1.82) is 0 Å². The zero-order valence-corrected chi connectivity index (χ0v) is 11.1. The van der Waals surface area contributed by atoms with E-state index in [9.17, 15) is 16.8 Å². The normalized spacial score (nSPS) is 34.2. The minimum Gasteiger partial charge on any atom is -0.396 e. The Hall–Kier alpha value is -0.180. The highest BCUT2D eigenvalue weighted by Crippen LogP contribution is 2.26. The van der Waals surface area contributed by atoms with E-state index in [0.717, 1.165) is 0 Å². The Morgan fingerprint density at radius 3 is 2.47 bits per heavy atom. The average Bonchev–Trinajstić information content (AvgIpc) is 2.84. The van der Waals surface area contributed by atoms with Gasteiger partial charge in [-0.05, 0) is 18.8 Å². The third-order valence-corrected chi connectivity index (χ3v) is 7.75. The summed E-state index contributed by atoms with van der Waals surface area (Å²) in [4.78, 5) is 0. The minimum absolute atomic E-state index is 0.0113. The molecule has 1 N–H and O–H groups in total. The molecule has 8 heteroatoms. The predicted molar refractivity (Wildman–Crippen MR) is 62.7 cm³/mol. The number of nitrogens with zero attached hydrogens (tertiary/aromatic N) is 1. The molecule has 2 fully saturated rings. The molecule has 0 aliphatic carbocycles. The van der Waals surface area contributed by atoms with Crippen LogP contribution in [0.3, 0.4) is 0 Å². The van der Waals surface area contributed by atoms with Crippen LogP contribution < -0.4 is 0 Å². The molecule has 0 radical (unpaired) electrons. The van der Waals surface area contributed by atoms with Crippen molar-refractivity contribution in [2.45, 2.75) is 18.1 Å². The van der Waals surface area contributed by atoms with Gasteiger partial charge in [0.2, 0.25) is 10.0 Å². The largest absolute Gasteiger partial charge is 0.396 e. The van der Waals surface area contributed by atoms with E-state index in [-0.39, 0.29) is 30.5 Å². The van der Waals surface area contributed by atoms with E-state index in [2.05, 4.69) is 0 Å². The Labute approximate surface area is 102 Å². The smallest absolute Gasteiger partial charge is 0.218 e. The van der Waals surface area contributed by atoms with Crippen molar-refractivity contribution in [2.24, 2.45) is 5.92 Å². The number of rotatable bonds is 3. The van der Waals surface area contributed by atoms with Crippen LogP contribution in [0.2, 0.25) is 0 Å². The van der Waals surface area contributed by atoms with Gasteiger partial charge in [-0.15, -0.1) is 0 Å². The molecule has 0 aromatic heterocycles. The molecule has 0 bridgehead atoms. The van der Waals surface area contributed by atoms with Crippen LogP contribution in [0, 0.1) is 5.92 Å². The first kappa shape index (κ1) is 13.3. The predicted octanol–water partition coefficient (Wildman–Crippen LogP) is -1.18. The van der Waals surface area contributed by atoms with E-state index in [0.29, 0.717) is 19.5 Å². The van der Waals surface area contributed by atoms with E-state index < -0.39 is 25.1 Å². The minimum atomic E-state index is -3.51. The number of hydrogen-bond acceptors (Lipinski definition) is 5. The quantitative estimate of drug-likeness (QED) is 0.704. The molecule has 0 saturated carbocycles. The van der Waals surface area contributed by atoms with Crippen LogP contribution in [0.1, 0.15) is 12.8 Å². The summed E-state index contributed by atoms with van der Waals surface area (Å²) in [5.41, 5.74) is 0. The van der Waals surface area contributed by atoms with Crippen molar-refractivity contribution in [1.82, 2.24) is 4.31 Å².